The van der Waals surface area contributed by atoms with Crippen molar-refractivity contribution in [1.82, 2.24) is 0 Å². The molecule has 0 spiro atoms. The molecule has 0 saturated heterocycles. The minimum atomic E-state index is -0.104. The molecular formula is C18H32O2. The van der Waals surface area contributed by atoms with Gasteiger partial charge in [0.25, 0.3) is 0 Å². The van der Waals surface area contributed by atoms with Crippen LogP contribution in [0, 0.1) is 10.8 Å². The van der Waals surface area contributed by atoms with Crippen molar-refractivity contribution in [3.63, 3.8) is 0 Å². The minimum Gasteiger partial charge on any atom is -0.393 e. The fraction of sp³-hybridized carbons (Fsp3) is 1.00. The van der Waals surface area contributed by atoms with E-state index in [1.54, 1.807) is 0 Å². The van der Waals surface area contributed by atoms with E-state index in [-0.39, 0.29) is 23.0 Å². The number of aliphatic hydroxyl groups excluding tert-OH is 2. The monoisotopic (exact) mass is 280 g/mol. The highest BCUT2D eigenvalue weighted by Crippen LogP contribution is 2.67. The number of hydrogen-bond acceptors (Lipinski definition) is 2. The lowest BCUT2D eigenvalue weighted by Gasteiger charge is -2.41. The molecular weight excluding hydrogens is 248 g/mol. The average Bonchev–Trinajstić information content (AvgIpc) is 2.75. The topological polar surface area (TPSA) is 40.5 Å². The van der Waals surface area contributed by atoms with Crippen LogP contribution in [-0.4, -0.2) is 22.4 Å². The molecule has 116 valence electrons. The van der Waals surface area contributed by atoms with Crippen molar-refractivity contribution in [2.45, 2.75) is 102 Å². The van der Waals surface area contributed by atoms with Gasteiger partial charge < -0.3 is 10.2 Å². The first-order valence-corrected chi connectivity index (χ1v) is 9.02. The predicted octanol–water partition coefficient (Wildman–Crippen LogP) is 4.18. The number of rotatable bonds is 0. The van der Waals surface area contributed by atoms with Gasteiger partial charge >= 0.3 is 0 Å². The molecule has 0 amide bonds. The standard InChI is InChI=1S/C18H32O2/c19-15-11-17-9-7-5-3-1-2-4-6-8-10-18(17,13-15)14-16(20)12-17/h15-16,19-20H,1-14H2. The van der Waals surface area contributed by atoms with Gasteiger partial charge in [-0.3, -0.25) is 0 Å². The lowest BCUT2D eigenvalue weighted by atomic mass is 9.63. The molecule has 2 nitrogen and oxygen atoms in total. The Morgan fingerprint density at radius 3 is 1.15 bits per heavy atom. The van der Waals surface area contributed by atoms with Crippen LogP contribution < -0.4 is 0 Å². The Kier molecular flexibility index (Phi) is 4.42. The van der Waals surface area contributed by atoms with Crippen LogP contribution in [0.5, 0.6) is 0 Å². The molecule has 0 atom stereocenters. The molecule has 3 fully saturated rings. The first-order valence-electron chi connectivity index (χ1n) is 9.02. The van der Waals surface area contributed by atoms with E-state index in [1.165, 1.54) is 64.2 Å². The van der Waals surface area contributed by atoms with Gasteiger partial charge in [0, 0.05) is 0 Å². The van der Waals surface area contributed by atoms with Crippen molar-refractivity contribution in [2.24, 2.45) is 10.8 Å². The number of hydrogen-bond donors (Lipinski definition) is 2. The van der Waals surface area contributed by atoms with Gasteiger partial charge in [-0.25, -0.2) is 0 Å². The zero-order valence-corrected chi connectivity index (χ0v) is 12.9. The van der Waals surface area contributed by atoms with Crippen LogP contribution in [0.1, 0.15) is 89.9 Å². The Morgan fingerprint density at radius 1 is 0.500 bits per heavy atom. The van der Waals surface area contributed by atoms with Gasteiger partial charge in [0.1, 0.15) is 0 Å². The van der Waals surface area contributed by atoms with Crippen LogP contribution in [0.3, 0.4) is 0 Å². The van der Waals surface area contributed by atoms with E-state index in [0.717, 1.165) is 25.7 Å². The Morgan fingerprint density at radius 2 is 0.800 bits per heavy atom. The zero-order valence-electron chi connectivity index (χ0n) is 12.9. The lowest BCUT2D eigenvalue weighted by molar-refractivity contribution is 0.0807. The first kappa shape index (κ1) is 14.8. The SMILES string of the molecule is OC1CC23CCCCCCCCCCC2(C1)CC(O)C3. The number of aliphatic hydroxyl groups is 2. The molecule has 2 N–H and O–H groups in total. The molecule has 3 aliphatic rings. The molecule has 3 saturated carbocycles. The maximum Gasteiger partial charge on any atom is 0.0551 e. The smallest absolute Gasteiger partial charge is 0.0551 e. The second kappa shape index (κ2) is 5.96. The summed E-state index contributed by atoms with van der Waals surface area (Å²) in [6.07, 6.45) is 17.0. The van der Waals surface area contributed by atoms with Crippen molar-refractivity contribution >= 4 is 0 Å². The minimum absolute atomic E-state index is 0.104. The van der Waals surface area contributed by atoms with Crippen LogP contribution in [0.25, 0.3) is 0 Å². The molecule has 2 heteroatoms. The van der Waals surface area contributed by atoms with Crippen molar-refractivity contribution in [1.29, 1.82) is 0 Å². The maximum absolute atomic E-state index is 10.3. The Labute approximate surface area is 124 Å². The van der Waals surface area contributed by atoms with E-state index in [4.69, 9.17) is 0 Å². The molecule has 20 heavy (non-hydrogen) atoms. The molecule has 0 heterocycles. The third-order valence-electron chi connectivity index (χ3n) is 6.69. The van der Waals surface area contributed by atoms with Gasteiger partial charge in [-0.15, -0.1) is 0 Å². The molecule has 0 aliphatic heterocycles. The highest BCUT2D eigenvalue weighted by Gasteiger charge is 2.61. The van der Waals surface area contributed by atoms with E-state index >= 15 is 0 Å². The zero-order chi connectivity index (χ0) is 14.1. The molecule has 0 aromatic carbocycles. The van der Waals surface area contributed by atoms with E-state index in [2.05, 4.69) is 0 Å². The molecule has 3 aliphatic carbocycles. The van der Waals surface area contributed by atoms with Crippen molar-refractivity contribution < 1.29 is 10.2 Å². The predicted molar refractivity (Wildman–Crippen MR) is 81.5 cm³/mol. The molecule has 0 bridgehead atoms. The van der Waals surface area contributed by atoms with E-state index in [1.807, 2.05) is 0 Å². The van der Waals surface area contributed by atoms with Crippen LogP contribution in [0.15, 0.2) is 0 Å². The van der Waals surface area contributed by atoms with Crippen LogP contribution >= 0.6 is 0 Å². The van der Waals surface area contributed by atoms with Crippen molar-refractivity contribution in [2.75, 3.05) is 0 Å². The highest BCUT2D eigenvalue weighted by molar-refractivity contribution is 5.11. The summed E-state index contributed by atoms with van der Waals surface area (Å²) in [7, 11) is 0. The van der Waals surface area contributed by atoms with Gasteiger partial charge in [0.05, 0.1) is 12.2 Å². The third-order valence-corrected chi connectivity index (χ3v) is 6.69. The average molecular weight is 280 g/mol. The van der Waals surface area contributed by atoms with E-state index < -0.39 is 0 Å². The van der Waals surface area contributed by atoms with Crippen LogP contribution in [0.2, 0.25) is 0 Å². The normalized spacial score (nSPS) is 47.1. The lowest BCUT2D eigenvalue weighted by Crippen LogP contribution is -2.32. The van der Waals surface area contributed by atoms with Gasteiger partial charge in [0.2, 0.25) is 0 Å². The second-order valence-corrected chi connectivity index (χ2v) is 8.01. The Hall–Kier alpha value is -0.0800. The summed E-state index contributed by atoms with van der Waals surface area (Å²) < 4.78 is 0. The Bertz CT molecular complexity index is 281. The van der Waals surface area contributed by atoms with Crippen molar-refractivity contribution in [3.8, 4) is 0 Å². The summed E-state index contributed by atoms with van der Waals surface area (Å²) in [6.45, 7) is 0. The van der Waals surface area contributed by atoms with Gasteiger partial charge in [-0.1, -0.05) is 51.4 Å². The van der Waals surface area contributed by atoms with Gasteiger partial charge in [-0.05, 0) is 49.4 Å². The van der Waals surface area contributed by atoms with Crippen LogP contribution in [-0.2, 0) is 0 Å². The third kappa shape index (κ3) is 2.66. The summed E-state index contributed by atoms with van der Waals surface area (Å²) in [5.41, 5.74) is 0.538. The summed E-state index contributed by atoms with van der Waals surface area (Å²) in [4.78, 5) is 0. The molecule has 3 rings (SSSR count). The van der Waals surface area contributed by atoms with Gasteiger partial charge in [-0.2, -0.15) is 0 Å². The molecule has 0 aromatic rings. The first-order chi connectivity index (χ1) is 9.66. The van der Waals surface area contributed by atoms with E-state index in [9.17, 15) is 10.2 Å². The van der Waals surface area contributed by atoms with Gasteiger partial charge in [0.15, 0.2) is 0 Å². The fourth-order valence-electron chi connectivity index (χ4n) is 5.91. The maximum atomic E-state index is 10.3. The van der Waals surface area contributed by atoms with Crippen LogP contribution in [0.4, 0.5) is 0 Å². The quantitative estimate of drug-likeness (QED) is 0.698. The summed E-state index contributed by atoms with van der Waals surface area (Å²) >= 11 is 0. The van der Waals surface area contributed by atoms with E-state index in [0.29, 0.717) is 0 Å². The molecule has 0 unspecified atom stereocenters. The Balaban J connectivity index is 1.79. The van der Waals surface area contributed by atoms with Crippen molar-refractivity contribution in [3.05, 3.63) is 0 Å². The largest absolute Gasteiger partial charge is 0.393 e. The summed E-state index contributed by atoms with van der Waals surface area (Å²) in [5, 5.41) is 20.6. The molecule has 0 radical (unpaired) electrons. The summed E-state index contributed by atoms with van der Waals surface area (Å²) in [6, 6.07) is 0. The fourth-order valence-corrected chi connectivity index (χ4v) is 5.91. The second-order valence-electron chi connectivity index (χ2n) is 8.01. The summed E-state index contributed by atoms with van der Waals surface area (Å²) in [5.74, 6) is 0. The highest BCUT2D eigenvalue weighted by atomic mass is 16.3. The molecule has 0 aromatic heterocycles.